The van der Waals surface area contributed by atoms with Crippen molar-refractivity contribution in [1.82, 2.24) is 9.88 Å². The molecule has 0 atom stereocenters. The van der Waals surface area contributed by atoms with E-state index in [1.54, 1.807) is 17.4 Å². The summed E-state index contributed by atoms with van der Waals surface area (Å²) >= 11 is 1.58. The van der Waals surface area contributed by atoms with Crippen molar-refractivity contribution >= 4 is 38.7 Å². The Morgan fingerprint density at radius 3 is 2.67 bits per heavy atom. The van der Waals surface area contributed by atoms with Crippen molar-refractivity contribution in [3.05, 3.63) is 65.2 Å². The summed E-state index contributed by atoms with van der Waals surface area (Å²) in [5, 5.41) is 0.756. The van der Waals surface area contributed by atoms with Gasteiger partial charge in [0, 0.05) is 32.3 Å². The summed E-state index contributed by atoms with van der Waals surface area (Å²) in [6, 6.07) is 14.2. The van der Waals surface area contributed by atoms with Crippen LogP contribution >= 0.6 is 11.3 Å². The molecule has 2 aromatic carbocycles. The van der Waals surface area contributed by atoms with Crippen LogP contribution in [0, 0.1) is 13.8 Å². The predicted molar refractivity (Wildman–Crippen MR) is 124 cm³/mol. The summed E-state index contributed by atoms with van der Waals surface area (Å²) in [7, 11) is 0. The normalized spacial score (nSPS) is 15.1. The number of amides is 1. The van der Waals surface area contributed by atoms with E-state index < -0.39 is 0 Å². The van der Waals surface area contributed by atoms with Crippen LogP contribution in [0.2, 0.25) is 0 Å². The molecule has 6 heteroatoms. The Bertz CT molecular complexity index is 1000. The molecule has 1 saturated heterocycles. The van der Waals surface area contributed by atoms with Crippen LogP contribution in [0.15, 0.2) is 48.5 Å². The fraction of sp³-hybridized carbons (Fsp3) is 0.333. The van der Waals surface area contributed by atoms with Crippen LogP contribution in [0.3, 0.4) is 0 Å². The fourth-order valence-electron chi connectivity index (χ4n) is 3.47. The Hall–Kier alpha value is -2.54. The molecule has 0 radical (unpaired) electrons. The number of ether oxygens (including phenoxy) is 1. The van der Waals surface area contributed by atoms with Crippen molar-refractivity contribution in [1.29, 1.82) is 0 Å². The minimum atomic E-state index is -0.0420. The average molecular weight is 422 g/mol. The molecule has 1 aliphatic heterocycles. The second-order valence-corrected chi connectivity index (χ2v) is 8.60. The molecule has 0 unspecified atom stereocenters. The van der Waals surface area contributed by atoms with Crippen LogP contribution in [-0.4, -0.2) is 55.2 Å². The number of hydrogen-bond acceptors (Lipinski definition) is 5. The maximum atomic E-state index is 13.2. The third-order valence-electron chi connectivity index (χ3n) is 5.45. The highest BCUT2D eigenvalue weighted by Crippen LogP contribution is 2.31. The Balaban J connectivity index is 1.59. The van der Waals surface area contributed by atoms with Gasteiger partial charge >= 0.3 is 0 Å². The summed E-state index contributed by atoms with van der Waals surface area (Å²) in [5.41, 5.74) is 4.42. The summed E-state index contributed by atoms with van der Waals surface area (Å²) in [5.74, 6) is -0.0420. The summed E-state index contributed by atoms with van der Waals surface area (Å²) in [6.07, 6.45) is 3.52. The topological polar surface area (TPSA) is 45.7 Å². The Labute approximate surface area is 181 Å². The molecule has 0 spiro atoms. The van der Waals surface area contributed by atoms with Gasteiger partial charge in [0.05, 0.1) is 23.4 Å². The van der Waals surface area contributed by atoms with E-state index in [0.717, 1.165) is 53.8 Å². The number of nitrogens with zero attached hydrogens (tertiary/aromatic N) is 3. The molecular formula is C24H27N3O2S. The van der Waals surface area contributed by atoms with Crippen molar-refractivity contribution in [2.45, 2.75) is 13.8 Å². The van der Waals surface area contributed by atoms with Gasteiger partial charge in [0.25, 0.3) is 5.91 Å². The first-order valence-corrected chi connectivity index (χ1v) is 11.1. The summed E-state index contributed by atoms with van der Waals surface area (Å²) < 4.78 is 6.56. The SMILES string of the molecule is Cc1cc2nc(N(CCN3CCOCC3)C(=O)/C=C/c3ccccc3)sc2cc1C. The van der Waals surface area contributed by atoms with E-state index in [4.69, 9.17) is 9.72 Å². The molecule has 1 amide bonds. The summed E-state index contributed by atoms with van der Waals surface area (Å²) in [4.78, 5) is 22.1. The van der Waals surface area contributed by atoms with E-state index in [1.807, 2.05) is 41.3 Å². The summed E-state index contributed by atoms with van der Waals surface area (Å²) in [6.45, 7) is 8.93. The Morgan fingerprint density at radius 2 is 1.90 bits per heavy atom. The number of anilines is 1. The van der Waals surface area contributed by atoms with E-state index >= 15 is 0 Å². The van der Waals surface area contributed by atoms with Gasteiger partial charge in [-0.15, -0.1) is 0 Å². The van der Waals surface area contributed by atoms with Crippen LogP contribution in [0.25, 0.3) is 16.3 Å². The molecule has 5 nitrogen and oxygen atoms in total. The number of hydrogen-bond donors (Lipinski definition) is 0. The number of rotatable bonds is 6. The zero-order valence-electron chi connectivity index (χ0n) is 17.5. The van der Waals surface area contributed by atoms with Crippen LogP contribution in [0.5, 0.6) is 0 Å². The van der Waals surface area contributed by atoms with Crippen LogP contribution in [-0.2, 0) is 9.53 Å². The van der Waals surface area contributed by atoms with Gasteiger partial charge < -0.3 is 4.74 Å². The first-order valence-electron chi connectivity index (χ1n) is 10.3. The van der Waals surface area contributed by atoms with Crippen molar-refractivity contribution in [3.8, 4) is 0 Å². The first kappa shape index (κ1) is 20.7. The third kappa shape index (κ3) is 4.95. The van der Waals surface area contributed by atoms with Crippen LogP contribution < -0.4 is 4.90 Å². The van der Waals surface area contributed by atoms with Gasteiger partial charge in [-0.3, -0.25) is 14.6 Å². The lowest BCUT2D eigenvalue weighted by molar-refractivity contribution is -0.114. The van der Waals surface area contributed by atoms with Crippen LogP contribution in [0.4, 0.5) is 5.13 Å². The zero-order valence-corrected chi connectivity index (χ0v) is 18.3. The molecule has 2 heterocycles. The molecule has 156 valence electrons. The quantitative estimate of drug-likeness (QED) is 0.557. The number of aromatic nitrogens is 1. The van der Waals surface area contributed by atoms with E-state index in [9.17, 15) is 4.79 Å². The number of carbonyl (C=O) groups is 1. The first-order chi connectivity index (χ1) is 14.6. The number of thiazole rings is 1. The lowest BCUT2D eigenvalue weighted by Gasteiger charge is -2.28. The van der Waals surface area contributed by atoms with Crippen LogP contribution in [0.1, 0.15) is 16.7 Å². The fourth-order valence-corrected chi connectivity index (χ4v) is 4.55. The molecular weight excluding hydrogens is 394 g/mol. The molecule has 1 aromatic heterocycles. The Morgan fingerprint density at radius 1 is 1.17 bits per heavy atom. The van der Waals surface area contributed by atoms with Crippen molar-refractivity contribution in [3.63, 3.8) is 0 Å². The minimum Gasteiger partial charge on any atom is -0.379 e. The van der Waals surface area contributed by atoms with Gasteiger partial charge in [-0.05, 0) is 48.7 Å². The molecule has 3 aromatic rings. The van der Waals surface area contributed by atoms with E-state index in [-0.39, 0.29) is 5.91 Å². The maximum Gasteiger partial charge on any atom is 0.252 e. The van der Waals surface area contributed by atoms with Gasteiger partial charge in [0.2, 0.25) is 0 Å². The molecule has 30 heavy (non-hydrogen) atoms. The van der Waals surface area contributed by atoms with Crippen molar-refractivity contribution in [2.24, 2.45) is 0 Å². The lowest BCUT2D eigenvalue weighted by Crippen LogP contribution is -2.42. The second kappa shape index (κ2) is 9.51. The third-order valence-corrected chi connectivity index (χ3v) is 6.49. The van der Waals surface area contributed by atoms with Gasteiger partial charge in [-0.1, -0.05) is 41.7 Å². The second-order valence-electron chi connectivity index (χ2n) is 7.59. The molecule has 0 aliphatic carbocycles. The van der Waals surface area contributed by atoms with Crippen molar-refractivity contribution < 1.29 is 9.53 Å². The molecule has 0 saturated carbocycles. The van der Waals surface area contributed by atoms with E-state index in [2.05, 4.69) is 30.9 Å². The smallest absolute Gasteiger partial charge is 0.252 e. The highest BCUT2D eigenvalue weighted by atomic mass is 32.1. The van der Waals surface area contributed by atoms with Gasteiger partial charge in [-0.25, -0.2) is 4.98 Å². The predicted octanol–water partition coefficient (Wildman–Crippen LogP) is 4.29. The number of morpholine rings is 1. The molecule has 0 N–H and O–H groups in total. The average Bonchev–Trinajstić information content (AvgIpc) is 3.16. The van der Waals surface area contributed by atoms with Gasteiger partial charge in [-0.2, -0.15) is 0 Å². The molecule has 1 aliphatic rings. The van der Waals surface area contributed by atoms with Crippen molar-refractivity contribution in [2.75, 3.05) is 44.3 Å². The molecule has 4 rings (SSSR count). The zero-order chi connectivity index (χ0) is 20.9. The highest BCUT2D eigenvalue weighted by Gasteiger charge is 2.20. The number of carbonyl (C=O) groups excluding carboxylic acids is 1. The maximum absolute atomic E-state index is 13.2. The van der Waals surface area contributed by atoms with Gasteiger partial charge in [0.1, 0.15) is 0 Å². The largest absolute Gasteiger partial charge is 0.379 e. The Kier molecular flexibility index (Phi) is 6.57. The standard InChI is InChI=1S/C24H27N3O2S/c1-18-16-21-22(17-19(18)2)30-24(25-21)27(11-10-26-12-14-29-15-13-26)23(28)9-8-20-6-4-3-5-7-20/h3-9,16-17H,10-15H2,1-2H3/b9-8+. The van der Waals surface area contributed by atoms with E-state index in [0.29, 0.717) is 6.54 Å². The number of fused-ring (bicyclic) bond motifs is 1. The number of benzene rings is 2. The van der Waals surface area contributed by atoms with E-state index in [1.165, 1.54) is 11.1 Å². The molecule has 1 fully saturated rings. The lowest BCUT2D eigenvalue weighted by atomic mass is 10.1. The molecule has 0 bridgehead atoms. The monoisotopic (exact) mass is 421 g/mol. The highest BCUT2D eigenvalue weighted by molar-refractivity contribution is 7.22. The van der Waals surface area contributed by atoms with Gasteiger partial charge in [0.15, 0.2) is 5.13 Å². The number of aryl methyl sites for hydroxylation is 2. The minimum absolute atomic E-state index is 0.0420.